The van der Waals surface area contributed by atoms with Crippen LogP contribution in [-0.2, 0) is 0 Å². The molecule has 1 aliphatic rings. The molecule has 0 aliphatic carbocycles. The molecule has 1 N–H and O–H groups in total. The third kappa shape index (κ3) is 3.65. The lowest BCUT2D eigenvalue weighted by atomic mass is 9.81. The number of fused-ring (bicyclic) bond motifs is 1. The van der Waals surface area contributed by atoms with Crippen molar-refractivity contribution in [1.82, 2.24) is 5.32 Å². The number of carbonyl (C=O) groups is 1. The van der Waals surface area contributed by atoms with Crippen LogP contribution in [0, 0.1) is 5.41 Å². The second-order valence-corrected chi connectivity index (χ2v) is 7.14. The predicted molar refractivity (Wildman–Crippen MR) is 78.2 cm³/mol. The molecule has 0 bridgehead atoms. The van der Waals surface area contributed by atoms with Crippen LogP contribution in [-0.4, -0.2) is 18.2 Å². The van der Waals surface area contributed by atoms with Gasteiger partial charge in [-0.3, -0.25) is 4.79 Å². The number of hydrogen-bond acceptors (Lipinski definition) is 3. The van der Waals surface area contributed by atoms with Crippen molar-refractivity contribution in [2.75, 3.05) is 6.79 Å². The van der Waals surface area contributed by atoms with Crippen molar-refractivity contribution < 1.29 is 14.3 Å². The summed E-state index contributed by atoms with van der Waals surface area (Å²) in [6, 6.07) is 5.26. The van der Waals surface area contributed by atoms with Crippen molar-refractivity contribution in [3.05, 3.63) is 23.8 Å². The van der Waals surface area contributed by atoms with Crippen LogP contribution in [0.5, 0.6) is 11.5 Å². The quantitative estimate of drug-likeness (QED) is 0.921. The van der Waals surface area contributed by atoms with Crippen molar-refractivity contribution in [3.63, 3.8) is 0 Å². The summed E-state index contributed by atoms with van der Waals surface area (Å²) in [6.45, 7) is 10.8. The van der Waals surface area contributed by atoms with Gasteiger partial charge in [0.25, 0.3) is 5.91 Å². The lowest BCUT2D eigenvalue weighted by molar-refractivity contribution is 0.0891. The average Bonchev–Trinajstić information content (AvgIpc) is 2.71. The Kier molecular flexibility index (Phi) is 3.67. The van der Waals surface area contributed by atoms with Crippen LogP contribution in [0.2, 0.25) is 0 Å². The zero-order valence-corrected chi connectivity index (χ0v) is 12.9. The molecule has 0 aromatic heterocycles. The molecule has 0 saturated heterocycles. The Hall–Kier alpha value is -1.71. The topological polar surface area (TPSA) is 47.6 Å². The zero-order chi connectivity index (χ0) is 15.0. The Bertz CT molecular complexity index is 515. The normalized spacial score (nSPS) is 14.2. The second-order valence-electron chi connectivity index (χ2n) is 7.14. The van der Waals surface area contributed by atoms with Crippen LogP contribution in [0.15, 0.2) is 18.2 Å². The Morgan fingerprint density at radius 2 is 1.80 bits per heavy atom. The van der Waals surface area contributed by atoms with Gasteiger partial charge in [-0.2, -0.15) is 0 Å². The maximum atomic E-state index is 12.3. The number of rotatable bonds is 3. The van der Waals surface area contributed by atoms with Crippen LogP contribution in [0.1, 0.15) is 51.4 Å². The van der Waals surface area contributed by atoms with Gasteiger partial charge in [0.05, 0.1) is 0 Å². The van der Waals surface area contributed by atoms with Gasteiger partial charge in [-0.25, -0.2) is 0 Å². The molecular formula is C16H23NO3. The van der Waals surface area contributed by atoms with Crippen LogP contribution >= 0.6 is 0 Å². The molecule has 20 heavy (non-hydrogen) atoms. The highest BCUT2D eigenvalue weighted by molar-refractivity contribution is 5.95. The Morgan fingerprint density at radius 3 is 2.45 bits per heavy atom. The molecule has 4 heteroatoms. The highest BCUT2D eigenvalue weighted by Gasteiger charge is 2.27. The lowest BCUT2D eigenvalue weighted by Gasteiger charge is -2.33. The van der Waals surface area contributed by atoms with E-state index in [9.17, 15) is 4.79 Å². The van der Waals surface area contributed by atoms with Crippen LogP contribution in [0.3, 0.4) is 0 Å². The minimum atomic E-state index is -0.258. The van der Waals surface area contributed by atoms with Gasteiger partial charge in [-0.1, -0.05) is 20.8 Å². The van der Waals surface area contributed by atoms with Crippen molar-refractivity contribution in [1.29, 1.82) is 0 Å². The van der Waals surface area contributed by atoms with Gasteiger partial charge in [-0.05, 0) is 43.9 Å². The second kappa shape index (κ2) is 5.00. The van der Waals surface area contributed by atoms with E-state index in [1.165, 1.54) is 0 Å². The summed E-state index contributed by atoms with van der Waals surface area (Å²) < 4.78 is 10.5. The summed E-state index contributed by atoms with van der Waals surface area (Å²) >= 11 is 0. The van der Waals surface area contributed by atoms with E-state index in [-0.39, 0.29) is 23.7 Å². The van der Waals surface area contributed by atoms with E-state index in [0.717, 1.165) is 6.42 Å². The van der Waals surface area contributed by atoms with E-state index in [0.29, 0.717) is 17.1 Å². The van der Waals surface area contributed by atoms with E-state index in [2.05, 4.69) is 26.1 Å². The molecule has 1 heterocycles. The van der Waals surface area contributed by atoms with Gasteiger partial charge >= 0.3 is 0 Å². The van der Waals surface area contributed by atoms with Crippen molar-refractivity contribution in [2.24, 2.45) is 5.41 Å². The number of amides is 1. The Morgan fingerprint density at radius 1 is 1.15 bits per heavy atom. The van der Waals surface area contributed by atoms with Gasteiger partial charge in [0.15, 0.2) is 11.5 Å². The molecule has 2 rings (SSSR count). The molecule has 0 atom stereocenters. The lowest BCUT2D eigenvalue weighted by Crippen LogP contribution is -2.45. The van der Waals surface area contributed by atoms with Crippen molar-refractivity contribution in [2.45, 2.75) is 46.6 Å². The molecule has 0 spiro atoms. The molecular weight excluding hydrogens is 254 g/mol. The van der Waals surface area contributed by atoms with Crippen LogP contribution in [0.4, 0.5) is 0 Å². The fourth-order valence-corrected chi connectivity index (χ4v) is 2.79. The average molecular weight is 277 g/mol. The molecule has 1 amide bonds. The van der Waals surface area contributed by atoms with Gasteiger partial charge < -0.3 is 14.8 Å². The number of carbonyl (C=O) groups excluding carboxylic acids is 1. The first-order chi connectivity index (χ1) is 9.16. The first kappa shape index (κ1) is 14.7. The number of ether oxygens (including phenoxy) is 2. The SMILES string of the molecule is CC(C)(C)CC(C)(C)NC(=O)c1ccc2c(c1)OCO2. The molecule has 110 valence electrons. The highest BCUT2D eigenvalue weighted by atomic mass is 16.7. The fourth-order valence-electron chi connectivity index (χ4n) is 2.79. The van der Waals surface area contributed by atoms with E-state index in [1.54, 1.807) is 18.2 Å². The molecule has 1 aromatic carbocycles. The summed E-state index contributed by atoms with van der Waals surface area (Å²) in [5, 5.41) is 3.08. The summed E-state index contributed by atoms with van der Waals surface area (Å²) in [5.41, 5.74) is 0.494. The van der Waals surface area contributed by atoms with Crippen molar-refractivity contribution >= 4 is 5.91 Å². The fraction of sp³-hybridized carbons (Fsp3) is 0.562. The third-order valence-corrected chi connectivity index (χ3v) is 3.06. The first-order valence-electron chi connectivity index (χ1n) is 6.88. The highest BCUT2D eigenvalue weighted by Crippen LogP contribution is 2.33. The third-order valence-electron chi connectivity index (χ3n) is 3.06. The molecule has 1 aromatic rings. The number of nitrogens with one attached hydrogen (secondary N) is 1. The molecule has 0 unspecified atom stereocenters. The van der Waals surface area contributed by atoms with Gasteiger partial charge in [0, 0.05) is 11.1 Å². The van der Waals surface area contributed by atoms with E-state index in [4.69, 9.17) is 9.47 Å². The van der Waals surface area contributed by atoms with E-state index < -0.39 is 0 Å². The van der Waals surface area contributed by atoms with Crippen LogP contribution in [0.25, 0.3) is 0 Å². The summed E-state index contributed by atoms with van der Waals surface area (Å²) in [7, 11) is 0. The predicted octanol–water partition coefficient (Wildman–Crippen LogP) is 3.36. The number of hydrogen-bond donors (Lipinski definition) is 1. The summed E-state index contributed by atoms with van der Waals surface area (Å²) in [6.07, 6.45) is 0.899. The van der Waals surface area contributed by atoms with Gasteiger partial charge in [0.2, 0.25) is 6.79 Å². The zero-order valence-electron chi connectivity index (χ0n) is 12.9. The largest absolute Gasteiger partial charge is 0.454 e. The maximum absolute atomic E-state index is 12.3. The molecule has 4 nitrogen and oxygen atoms in total. The smallest absolute Gasteiger partial charge is 0.251 e. The van der Waals surface area contributed by atoms with Gasteiger partial charge in [0.1, 0.15) is 0 Å². The summed E-state index contributed by atoms with van der Waals surface area (Å²) in [5.74, 6) is 1.24. The standard InChI is InChI=1S/C16H23NO3/c1-15(2,3)9-16(4,5)17-14(18)11-6-7-12-13(8-11)20-10-19-12/h6-8H,9-10H2,1-5H3,(H,17,18). The van der Waals surface area contributed by atoms with E-state index in [1.807, 2.05) is 13.8 Å². The molecule has 0 saturated carbocycles. The van der Waals surface area contributed by atoms with Gasteiger partial charge in [-0.15, -0.1) is 0 Å². The monoisotopic (exact) mass is 277 g/mol. The Balaban J connectivity index is 2.08. The molecule has 1 aliphatic heterocycles. The maximum Gasteiger partial charge on any atom is 0.251 e. The minimum Gasteiger partial charge on any atom is -0.454 e. The first-order valence-corrected chi connectivity index (χ1v) is 6.88. The molecule has 0 radical (unpaired) electrons. The summed E-state index contributed by atoms with van der Waals surface area (Å²) in [4.78, 5) is 12.3. The Labute approximate surface area is 120 Å². The molecule has 0 fully saturated rings. The number of benzene rings is 1. The van der Waals surface area contributed by atoms with Crippen LogP contribution < -0.4 is 14.8 Å². The minimum absolute atomic E-state index is 0.0856. The van der Waals surface area contributed by atoms with Crippen molar-refractivity contribution in [3.8, 4) is 11.5 Å². The van der Waals surface area contributed by atoms with E-state index >= 15 is 0 Å².